The molecule has 0 unspecified atom stereocenters. The summed E-state index contributed by atoms with van der Waals surface area (Å²) in [5.41, 5.74) is 1.87. The van der Waals surface area contributed by atoms with E-state index in [1.807, 2.05) is 31.2 Å². The van der Waals surface area contributed by atoms with Gasteiger partial charge in [0.05, 0.1) is 10.5 Å². The number of hydrogen-bond acceptors (Lipinski definition) is 5. The summed E-state index contributed by atoms with van der Waals surface area (Å²) in [7, 11) is 0. The summed E-state index contributed by atoms with van der Waals surface area (Å²) < 4.78 is 5.28. The Kier molecular flexibility index (Phi) is 5.62. The van der Waals surface area contributed by atoms with Crippen molar-refractivity contribution in [2.45, 2.75) is 13.5 Å². The smallest absolute Gasteiger partial charge is 0.270 e. The van der Waals surface area contributed by atoms with Crippen LogP contribution in [0, 0.1) is 17.0 Å². The Morgan fingerprint density at radius 2 is 2.04 bits per heavy atom. The standard InChI is InChI=1S/C17H16N2O5/c1-12-4-2-3-5-13(12)9-18-17(21)11-24-16-7-6-15(19(22)23)8-14(16)10-20/h2-8,10H,9,11H2,1H3,(H,18,21). The van der Waals surface area contributed by atoms with Gasteiger partial charge in [-0.2, -0.15) is 0 Å². The molecule has 0 saturated carbocycles. The van der Waals surface area contributed by atoms with E-state index in [0.717, 1.165) is 17.2 Å². The molecule has 1 N–H and O–H groups in total. The first-order valence-electron chi connectivity index (χ1n) is 7.19. The lowest BCUT2D eigenvalue weighted by molar-refractivity contribution is -0.384. The van der Waals surface area contributed by atoms with Crippen LogP contribution in [-0.2, 0) is 11.3 Å². The first-order chi connectivity index (χ1) is 11.5. The first kappa shape index (κ1) is 17.1. The molecule has 0 fully saturated rings. The zero-order valence-corrected chi connectivity index (χ0v) is 13.0. The minimum atomic E-state index is -0.605. The molecule has 24 heavy (non-hydrogen) atoms. The normalized spacial score (nSPS) is 10.0. The molecule has 0 aromatic heterocycles. The van der Waals surface area contributed by atoms with Gasteiger partial charge >= 0.3 is 0 Å². The van der Waals surface area contributed by atoms with Crippen molar-refractivity contribution in [1.82, 2.24) is 5.32 Å². The minimum Gasteiger partial charge on any atom is -0.483 e. The maximum atomic E-state index is 11.8. The molecule has 0 spiro atoms. The molecule has 0 radical (unpaired) electrons. The Bertz CT molecular complexity index is 773. The lowest BCUT2D eigenvalue weighted by atomic mass is 10.1. The van der Waals surface area contributed by atoms with Gasteiger partial charge in [-0.25, -0.2) is 0 Å². The van der Waals surface area contributed by atoms with Crippen molar-refractivity contribution in [3.63, 3.8) is 0 Å². The van der Waals surface area contributed by atoms with E-state index in [2.05, 4.69) is 5.32 Å². The Morgan fingerprint density at radius 1 is 1.29 bits per heavy atom. The van der Waals surface area contributed by atoms with Gasteiger partial charge in [0.2, 0.25) is 0 Å². The van der Waals surface area contributed by atoms with Crippen molar-refractivity contribution in [3.05, 3.63) is 69.3 Å². The molecule has 124 valence electrons. The maximum absolute atomic E-state index is 11.8. The van der Waals surface area contributed by atoms with Crippen LogP contribution >= 0.6 is 0 Å². The molecule has 7 nitrogen and oxygen atoms in total. The highest BCUT2D eigenvalue weighted by molar-refractivity contribution is 5.82. The van der Waals surface area contributed by atoms with E-state index in [9.17, 15) is 19.7 Å². The summed E-state index contributed by atoms with van der Waals surface area (Å²) >= 11 is 0. The number of amides is 1. The number of nitrogens with one attached hydrogen (secondary N) is 1. The summed E-state index contributed by atoms with van der Waals surface area (Å²) in [5.74, 6) is -0.227. The number of benzene rings is 2. The molecule has 0 aliphatic carbocycles. The molecule has 0 heterocycles. The van der Waals surface area contributed by atoms with Crippen LogP contribution in [0.4, 0.5) is 5.69 Å². The van der Waals surface area contributed by atoms with E-state index in [0.29, 0.717) is 12.8 Å². The molecule has 2 aromatic rings. The second kappa shape index (κ2) is 7.87. The molecule has 2 rings (SSSR count). The molecule has 0 atom stereocenters. The molecule has 7 heteroatoms. The molecule has 0 saturated heterocycles. The van der Waals surface area contributed by atoms with Crippen molar-refractivity contribution in [1.29, 1.82) is 0 Å². The first-order valence-corrected chi connectivity index (χ1v) is 7.19. The van der Waals surface area contributed by atoms with Crippen LogP contribution in [0.3, 0.4) is 0 Å². The van der Waals surface area contributed by atoms with Crippen molar-refractivity contribution in [2.75, 3.05) is 6.61 Å². The fraction of sp³-hybridized carbons (Fsp3) is 0.176. The van der Waals surface area contributed by atoms with Gasteiger partial charge in [0.25, 0.3) is 11.6 Å². The Balaban J connectivity index is 1.93. The van der Waals surface area contributed by atoms with E-state index in [1.54, 1.807) is 0 Å². The number of carbonyl (C=O) groups is 2. The number of aldehydes is 1. The fourth-order valence-electron chi connectivity index (χ4n) is 2.07. The summed E-state index contributed by atoms with van der Waals surface area (Å²) in [6.45, 7) is 2.03. The molecule has 0 bridgehead atoms. The van der Waals surface area contributed by atoms with Crippen molar-refractivity contribution >= 4 is 17.9 Å². The van der Waals surface area contributed by atoms with Gasteiger partial charge in [-0.3, -0.25) is 19.7 Å². The predicted molar refractivity (Wildman–Crippen MR) is 87.0 cm³/mol. The molecular formula is C17H16N2O5. The lowest BCUT2D eigenvalue weighted by Crippen LogP contribution is -2.28. The number of non-ortho nitro benzene ring substituents is 1. The van der Waals surface area contributed by atoms with E-state index in [1.165, 1.54) is 12.1 Å². The van der Waals surface area contributed by atoms with Gasteiger partial charge in [-0.05, 0) is 24.1 Å². The Labute approximate surface area is 138 Å². The number of nitro benzene ring substituents is 1. The van der Waals surface area contributed by atoms with Crippen molar-refractivity contribution in [3.8, 4) is 5.75 Å². The highest BCUT2D eigenvalue weighted by atomic mass is 16.6. The quantitative estimate of drug-likeness (QED) is 0.478. The average Bonchev–Trinajstić information content (AvgIpc) is 2.58. The summed E-state index contributed by atoms with van der Waals surface area (Å²) in [6.07, 6.45) is 0.452. The number of ether oxygens (including phenoxy) is 1. The van der Waals surface area contributed by atoms with Crippen LogP contribution in [0.1, 0.15) is 21.5 Å². The second-order valence-corrected chi connectivity index (χ2v) is 5.09. The number of nitro groups is 1. The molecular weight excluding hydrogens is 312 g/mol. The van der Waals surface area contributed by atoms with Crippen LogP contribution in [0.2, 0.25) is 0 Å². The Morgan fingerprint density at radius 3 is 2.71 bits per heavy atom. The van der Waals surface area contributed by atoms with E-state index < -0.39 is 4.92 Å². The summed E-state index contributed by atoms with van der Waals surface area (Å²) in [6, 6.07) is 11.3. The van der Waals surface area contributed by atoms with Crippen molar-refractivity contribution < 1.29 is 19.2 Å². The van der Waals surface area contributed by atoms with Crippen molar-refractivity contribution in [2.24, 2.45) is 0 Å². The number of hydrogen-bond donors (Lipinski definition) is 1. The third kappa shape index (κ3) is 4.39. The number of aryl methyl sites for hydroxylation is 1. The van der Waals surface area contributed by atoms with E-state index in [-0.39, 0.29) is 29.5 Å². The van der Waals surface area contributed by atoms with Crippen LogP contribution in [0.15, 0.2) is 42.5 Å². The monoisotopic (exact) mass is 328 g/mol. The fourth-order valence-corrected chi connectivity index (χ4v) is 2.07. The van der Waals surface area contributed by atoms with Gasteiger partial charge in [0.1, 0.15) is 5.75 Å². The van der Waals surface area contributed by atoms with Gasteiger partial charge in [0, 0.05) is 18.7 Å². The van der Waals surface area contributed by atoms with Crippen LogP contribution in [0.5, 0.6) is 5.75 Å². The van der Waals surface area contributed by atoms with Gasteiger partial charge in [-0.15, -0.1) is 0 Å². The number of carbonyl (C=O) groups excluding carboxylic acids is 2. The van der Waals surface area contributed by atoms with Gasteiger partial charge in [0.15, 0.2) is 12.9 Å². The summed E-state index contributed by atoms with van der Waals surface area (Å²) in [4.78, 5) is 32.9. The highest BCUT2D eigenvalue weighted by Gasteiger charge is 2.12. The number of rotatable bonds is 7. The van der Waals surface area contributed by atoms with Gasteiger partial charge < -0.3 is 10.1 Å². The van der Waals surface area contributed by atoms with Crippen LogP contribution in [0.25, 0.3) is 0 Å². The molecule has 1 amide bonds. The number of nitrogens with zero attached hydrogens (tertiary/aromatic N) is 1. The highest BCUT2D eigenvalue weighted by Crippen LogP contribution is 2.22. The second-order valence-electron chi connectivity index (χ2n) is 5.09. The van der Waals surface area contributed by atoms with Gasteiger partial charge in [-0.1, -0.05) is 24.3 Å². The SMILES string of the molecule is Cc1ccccc1CNC(=O)COc1ccc([N+](=O)[O-])cc1C=O. The van der Waals surface area contributed by atoms with E-state index >= 15 is 0 Å². The zero-order valence-electron chi connectivity index (χ0n) is 13.0. The largest absolute Gasteiger partial charge is 0.483 e. The minimum absolute atomic E-state index is 0.0240. The third-order valence-corrected chi connectivity index (χ3v) is 3.43. The Hall–Kier alpha value is -3.22. The topological polar surface area (TPSA) is 98.5 Å². The molecule has 0 aliphatic heterocycles. The van der Waals surface area contributed by atoms with Crippen LogP contribution in [-0.4, -0.2) is 23.7 Å². The molecule has 2 aromatic carbocycles. The lowest BCUT2D eigenvalue weighted by Gasteiger charge is -2.10. The van der Waals surface area contributed by atoms with Crippen LogP contribution < -0.4 is 10.1 Å². The zero-order chi connectivity index (χ0) is 17.5. The summed E-state index contributed by atoms with van der Waals surface area (Å²) in [5, 5.41) is 13.4. The van der Waals surface area contributed by atoms with E-state index in [4.69, 9.17) is 4.74 Å². The maximum Gasteiger partial charge on any atom is 0.270 e. The third-order valence-electron chi connectivity index (χ3n) is 3.43. The average molecular weight is 328 g/mol. The molecule has 0 aliphatic rings. The predicted octanol–water partition coefficient (Wildman–Crippen LogP) is 2.41.